The molecule has 3 nitrogen and oxygen atoms in total. The molecule has 0 spiro atoms. The van der Waals surface area contributed by atoms with Crippen LogP contribution in [0.1, 0.15) is 25.8 Å². The zero-order valence-corrected chi connectivity index (χ0v) is 16.6. The molecule has 1 amide bonds. The second-order valence-electron chi connectivity index (χ2n) is 5.27. The largest absolute Gasteiger partial charge is 0.304 e. The first-order valence-corrected chi connectivity index (χ1v) is 9.80. The Morgan fingerprint density at radius 3 is 2.52 bits per heavy atom. The highest BCUT2D eigenvalue weighted by atomic mass is 79.9. The molecule has 1 fully saturated rings. The first-order chi connectivity index (χ1) is 11.0. The van der Waals surface area contributed by atoms with Crippen LogP contribution in [0.15, 0.2) is 33.6 Å². The third-order valence-electron chi connectivity index (χ3n) is 3.79. The summed E-state index contributed by atoms with van der Waals surface area (Å²) in [5, 5.41) is 0. The van der Waals surface area contributed by atoms with Crippen LogP contribution in [0.5, 0.6) is 0 Å². The first-order valence-electron chi connectivity index (χ1n) is 7.78. The van der Waals surface area contributed by atoms with Crippen molar-refractivity contribution in [1.82, 2.24) is 9.80 Å². The summed E-state index contributed by atoms with van der Waals surface area (Å²) < 4.78 is 1.69. The van der Waals surface area contributed by atoms with Crippen molar-refractivity contribution in [3.63, 3.8) is 0 Å². The van der Waals surface area contributed by atoms with Gasteiger partial charge < -0.3 is 4.90 Å². The zero-order chi connectivity index (χ0) is 16.8. The van der Waals surface area contributed by atoms with Crippen molar-refractivity contribution in [2.24, 2.45) is 0 Å². The molecule has 0 N–H and O–H groups in total. The molecule has 1 saturated heterocycles. The number of benzene rings is 1. The molecule has 124 valence electrons. The molecule has 6 heteroatoms. The lowest BCUT2D eigenvalue weighted by Gasteiger charge is -2.20. The molecule has 0 aliphatic carbocycles. The van der Waals surface area contributed by atoms with Gasteiger partial charge in [-0.25, -0.2) is 0 Å². The number of carbonyl (C=O) groups excluding carboxylic acids is 1. The van der Waals surface area contributed by atoms with Crippen molar-refractivity contribution < 1.29 is 4.79 Å². The van der Waals surface area contributed by atoms with Crippen LogP contribution < -0.4 is 0 Å². The lowest BCUT2D eigenvalue weighted by Crippen LogP contribution is -2.32. The van der Waals surface area contributed by atoms with E-state index in [-0.39, 0.29) is 5.91 Å². The average molecular weight is 413 g/mol. The predicted octanol–water partition coefficient (Wildman–Crippen LogP) is 4.38. The van der Waals surface area contributed by atoms with E-state index in [2.05, 4.69) is 34.7 Å². The number of hydrogen-bond donors (Lipinski definition) is 0. The molecule has 0 radical (unpaired) electrons. The van der Waals surface area contributed by atoms with Crippen molar-refractivity contribution >= 4 is 56.2 Å². The maximum Gasteiger partial charge on any atom is 0.266 e. The van der Waals surface area contributed by atoms with E-state index in [1.165, 1.54) is 11.8 Å². The van der Waals surface area contributed by atoms with Crippen LogP contribution in [0.2, 0.25) is 0 Å². The van der Waals surface area contributed by atoms with Gasteiger partial charge in [-0.15, -0.1) is 0 Å². The van der Waals surface area contributed by atoms with Crippen LogP contribution >= 0.6 is 39.9 Å². The highest BCUT2D eigenvalue weighted by Gasteiger charge is 2.31. The van der Waals surface area contributed by atoms with Gasteiger partial charge in [0.2, 0.25) is 0 Å². The summed E-state index contributed by atoms with van der Waals surface area (Å²) >= 11 is 10.2. The Labute approximate surface area is 156 Å². The van der Waals surface area contributed by atoms with Crippen molar-refractivity contribution in [1.29, 1.82) is 0 Å². The summed E-state index contributed by atoms with van der Waals surface area (Å²) in [5.74, 6) is 0.0301. The highest BCUT2D eigenvalue weighted by Crippen LogP contribution is 2.32. The van der Waals surface area contributed by atoms with Crippen LogP contribution in [0.4, 0.5) is 0 Å². The van der Waals surface area contributed by atoms with Gasteiger partial charge in [0.25, 0.3) is 5.91 Å². The number of thioether (sulfide) groups is 1. The van der Waals surface area contributed by atoms with Gasteiger partial charge in [-0.2, -0.15) is 0 Å². The molecule has 1 aromatic carbocycles. The van der Waals surface area contributed by atoms with Gasteiger partial charge >= 0.3 is 0 Å². The van der Waals surface area contributed by atoms with Gasteiger partial charge in [-0.3, -0.25) is 9.69 Å². The minimum Gasteiger partial charge on any atom is -0.304 e. The number of halogens is 1. The smallest absolute Gasteiger partial charge is 0.266 e. The van der Waals surface area contributed by atoms with E-state index in [1.54, 1.807) is 4.90 Å². The molecule has 0 aromatic heterocycles. The maximum atomic E-state index is 12.5. The molecule has 2 rings (SSSR count). The second kappa shape index (κ2) is 8.97. The van der Waals surface area contributed by atoms with Gasteiger partial charge in [0.1, 0.15) is 4.32 Å². The quantitative estimate of drug-likeness (QED) is 0.489. The second-order valence-corrected chi connectivity index (χ2v) is 7.86. The molecular weight excluding hydrogens is 392 g/mol. The molecular formula is C17H21BrN2OS2. The number of thiocarbonyl (C=S) groups is 1. The Kier molecular flexibility index (Phi) is 7.27. The Balaban J connectivity index is 1.98. The van der Waals surface area contributed by atoms with Crippen LogP contribution in [0.3, 0.4) is 0 Å². The zero-order valence-electron chi connectivity index (χ0n) is 13.4. The van der Waals surface area contributed by atoms with E-state index in [9.17, 15) is 4.79 Å². The predicted molar refractivity (Wildman–Crippen MR) is 106 cm³/mol. The summed E-state index contributed by atoms with van der Waals surface area (Å²) in [5.41, 5.74) is 1.01. The Hall–Kier alpha value is -0.690. The topological polar surface area (TPSA) is 23.6 Å². The maximum absolute atomic E-state index is 12.5. The number of rotatable bonds is 7. The van der Waals surface area contributed by atoms with Crippen molar-refractivity contribution in [3.05, 3.63) is 39.2 Å². The van der Waals surface area contributed by atoms with Gasteiger partial charge in [0.05, 0.1) is 4.91 Å². The molecule has 23 heavy (non-hydrogen) atoms. The summed E-state index contributed by atoms with van der Waals surface area (Å²) in [6.07, 6.45) is 2.86. The molecule has 0 atom stereocenters. The summed E-state index contributed by atoms with van der Waals surface area (Å²) in [7, 11) is 0. The molecule has 1 aromatic rings. The lowest BCUT2D eigenvalue weighted by atomic mass is 10.2. The van der Waals surface area contributed by atoms with E-state index in [0.29, 0.717) is 15.8 Å². The molecule has 1 heterocycles. The third-order valence-corrected chi connectivity index (χ3v) is 5.70. The van der Waals surface area contributed by atoms with Crippen molar-refractivity contribution in [2.75, 3.05) is 26.2 Å². The normalized spacial score (nSPS) is 16.9. The SMILES string of the molecule is CCN(CC)CCCN1C(=O)/C(=C/c2ccc(Br)cc2)SC1=S. The summed E-state index contributed by atoms with van der Waals surface area (Å²) in [4.78, 5) is 17.3. The number of carbonyl (C=O) groups is 1. The van der Waals surface area contributed by atoms with Crippen LogP contribution in [-0.4, -0.2) is 46.2 Å². The van der Waals surface area contributed by atoms with Crippen molar-refractivity contribution in [3.8, 4) is 0 Å². The van der Waals surface area contributed by atoms with Crippen molar-refractivity contribution in [2.45, 2.75) is 20.3 Å². The molecule has 1 aliphatic rings. The Morgan fingerprint density at radius 2 is 1.91 bits per heavy atom. The Morgan fingerprint density at radius 1 is 1.26 bits per heavy atom. The minimum atomic E-state index is 0.0301. The van der Waals surface area contributed by atoms with Crippen LogP contribution in [-0.2, 0) is 4.79 Å². The molecule has 1 aliphatic heterocycles. The number of amides is 1. The van der Waals surface area contributed by atoms with Gasteiger partial charge in [-0.05, 0) is 49.8 Å². The third kappa shape index (κ3) is 5.14. The average Bonchev–Trinajstić information content (AvgIpc) is 2.81. The fraction of sp³-hybridized carbons (Fsp3) is 0.412. The van der Waals surface area contributed by atoms with E-state index in [1.807, 2.05) is 30.3 Å². The standard InChI is InChI=1S/C17H21BrN2OS2/c1-3-19(4-2)10-5-11-20-16(21)15(23-17(20)22)12-13-6-8-14(18)9-7-13/h6-9,12H,3-5,10-11H2,1-2H3/b15-12-. The van der Waals surface area contributed by atoms with E-state index in [0.717, 1.165) is 36.1 Å². The summed E-state index contributed by atoms with van der Waals surface area (Å²) in [6, 6.07) is 7.90. The highest BCUT2D eigenvalue weighted by molar-refractivity contribution is 9.10. The van der Waals surface area contributed by atoms with Gasteiger partial charge in [-0.1, -0.05) is 65.9 Å². The molecule has 0 unspecified atom stereocenters. The number of nitrogens with zero attached hydrogens (tertiary/aromatic N) is 2. The Bertz CT molecular complexity index is 597. The van der Waals surface area contributed by atoms with Crippen LogP contribution in [0, 0.1) is 0 Å². The molecule has 0 bridgehead atoms. The minimum absolute atomic E-state index is 0.0301. The first kappa shape index (κ1) is 18.6. The van der Waals surface area contributed by atoms with E-state index < -0.39 is 0 Å². The van der Waals surface area contributed by atoms with Gasteiger partial charge in [0, 0.05) is 11.0 Å². The van der Waals surface area contributed by atoms with E-state index in [4.69, 9.17) is 12.2 Å². The fourth-order valence-corrected chi connectivity index (χ4v) is 3.97. The van der Waals surface area contributed by atoms with Gasteiger partial charge in [0.15, 0.2) is 0 Å². The van der Waals surface area contributed by atoms with Crippen LogP contribution in [0.25, 0.3) is 6.08 Å². The lowest BCUT2D eigenvalue weighted by molar-refractivity contribution is -0.122. The van der Waals surface area contributed by atoms with E-state index >= 15 is 0 Å². The monoisotopic (exact) mass is 412 g/mol. The summed E-state index contributed by atoms with van der Waals surface area (Å²) in [6.45, 7) is 8.08. The molecule has 0 saturated carbocycles. The number of hydrogen-bond acceptors (Lipinski definition) is 4. The fourth-order valence-electron chi connectivity index (χ4n) is 2.40.